The van der Waals surface area contributed by atoms with E-state index >= 15 is 0 Å². The number of hydrogen-bond acceptors (Lipinski definition) is 3. The van der Waals surface area contributed by atoms with Crippen molar-refractivity contribution in [3.8, 4) is 0 Å². The van der Waals surface area contributed by atoms with Crippen LogP contribution in [0.1, 0.15) is 18.0 Å². The van der Waals surface area contributed by atoms with Crippen LogP contribution >= 0.6 is 0 Å². The van der Waals surface area contributed by atoms with E-state index in [2.05, 4.69) is 100 Å². The van der Waals surface area contributed by atoms with Gasteiger partial charge in [-0.2, -0.15) is 0 Å². The fourth-order valence-corrected chi connectivity index (χ4v) is 3.79. The first kappa shape index (κ1) is 16.7. The van der Waals surface area contributed by atoms with Gasteiger partial charge in [-0.15, -0.1) is 0 Å². The van der Waals surface area contributed by atoms with Crippen LogP contribution in [0, 0.1) is 0 Å². The average Bonchev–Trinajstić information content (AvgIpc) is 3.10. The summed E-state index contributed by atoms with van der Waals surface area (Å²) in [6.07, 6.45) is 1.07. The minimum Gasteiger partial charge on any atom is -0.345 e. The van der Waals surface area contributed by atoms with Gasteiger partial charge in [0.15, 0.2) is 0 Å². The Balaban J connectivity index is 1.73. The summed E-state index contributed by atoms with van der Waals surface area (Å²) in [7, 11) is 2.02. The molecule has 4 rings (SSSR count). The van der Waals surface area contributed by atoms with Crippen LogP contribution in [0.15, 0.2) is 84.9 Å². The largest absolute Gasteiger partial charge is 0.345 e. The quantitative estimate of drug-likeness (QED) is 0.683. The summed E-state index contributed by atoms with van der Waals surface area (Å²) >= 11 is 0. The Labute approximate surface area is 155 Å². The summed E-state index contributed by atoms with van der Waals surface area (Å²) < 4.78 is 0. The highest BCUT2D eigenvalue weighted by atomic mass is 15.4. The monoisotopic (exact) mass is 343 g/mol. The van der Waals surface area contributed by atoms with Crippen LogP contribution in [0.4, 0.5) is 17.1 Å². The van der Waals surface area contributed by atoms with Crippen molar-refractivity contribution in [2.24, 2.45) is 0 Å². The van der Waals surface area contributed by atoms with Crippen LogP contribution in [-0.4, -0.2) is 20.3 Å². The van der Waals surface area contributed by atoms with Gasteiger partial charge in [0.2, 0.25) is 0 Å². The average molecular weight is 343 g/mol. The third kappa shape index (κ3) is 3.18. The molecule has 0 radical (unpaired) electrons. The number of hydrogen-bond donors (Lipinski definition) is 1. The first-order valence-electron chi connectivity index (χ1n) is 9.26. The minimum atomic E-state index is 0.346. The molecule has 0 saturated carbocycles. The topological polar surface area (TPSA) is 18.5 Å². The second-order valence-electron chi connectivity index (χ2n) is 6.68. The molecule has 0 fully saturated rings. The molecule has 26 heavy (non-hydrogen) atoms. The Bertz CT molecular complexity index is 832. The Kier molecular flexibility index (Phi) is 4.89. The second-order valence-corrected chi connectivity index (χ2v) is 6.68. The van der Waals surface area contributed by atoms with Gasteiger partial charge in [0.1, 0.15) is 0 Å². The number of nitrogens with zero attached hydrogens (tertiary/aromatic N) is 2. The second kappa shape index (κ2) is 7.63. The number of benzene rings is 3. The van der Waals surface area contributed by atoms with Gasteiger partial charge >= 0.3 is 0 Å². The fourth-order valence-electron chi connectivity index (χ4n) is 3.79. The summed E-state index contributed by atoms with van der Waals surface area (Å²) in [5, 5.41) is 3.32. The Morgan fingerprint density at radius 1 is 0.808 bits per heavy atom. The van der Waals surface area contributed by atoms with Crippen molar-refractivity contribution in [1.82, 2.24) is 5.32 Å². The molecule has 0 aromatic heterocycles. The van der Waals surface area contributed by atoms with Gasteiger partial charge in [0.25, 0.3) is 0 Å². The fraction of sp³-hybridized carbons (Fsp3) is 0.217. The molecule has 1 atom stereocenters. The molecule has 0 bridgehead atoms. The highest BCUT2D eigenvalue weighted by Crippen LogP contribution is 2.44. The molecule has 0 amide bonds. The molecule has 0 aliphatic carbocycles. The lowest BCUT2D eigenvalue weighted by Gasteiger charge is -2.31. The Hall–Kier alpha value is -2.78. The molecule has 0 spiro atoms. The van der Waals surface area contributed by atoms with Gasteiger partial charge < -0.3 is 15.1 Å². The van der Waals surface area contributed by atoms with E-state index in [0.717, 1.165) is 19.6 Å². The Morgan fingerprint density at radius 2 is 1.42 bits per heavy atom. The molecule has 0 unspecified atom stereocenters. The van der Waals surface area contributed by atoms with E-state index in [1.54, 1.807) is 0 Å². The summed E-state index contributed by atoms with van der Waals surface area (Å²) in [5.74, 6) is 0. The summed E-state index contributed by atoms with van der Waals surface area (Å²) in [4.78, 5) is 4.94. The first-order chi connectivity index (χ1) is 12.9. The van der Waals surface area contributed by atoms with E-state index in [0.29, 0.717) is 6.04 Å². The smallest absolute Gasteiger partial charge is 0.0959 e. The number of para-hydroxylation sites is 3. The lowest BCUT2D eigenvalue weighted by atomic mass is 10.0. The molecule has 3 nitrogen and oxygen atoms in total. The van der Waals surface area contributed by atoms with E-state index in [9.17, 15) is 0 Å². The van der Waals surface area contributed by atoms with Crippen molar-refractivity contribution in [2.45, 2.75) is 12.5 Å². The number of rotatable bonds is 6. The van der Waals surface area contributed by atoms with Gasteiger partial charge in [-0.05, 0) is 49.8 Å². The zero-order valence-corrected chi connectivity index (χ0v) is 15.2. The summed E-state index contributed by atoms with van der Waals surface area (Å²) in [5.41, 5.74) is 5.20. The minimum absolute atomic E-state index is 0.346. The lowest BCUT2D eigenvalue weighted by molar-refractivity contribution is 0.569. The predicted octanol–water partition coefficient (Wildman–Crippen LogP) is 4.95. The number of fused-ring (bicyclic) bond motifs is 1. The van der Waals surface area contributed by atoms with E-state index in [1.165, 1.54) is 22.6 Å². The molecule has 1 aliphatic heterocycles. The van der Waals surface area contributed by atoms with E-state index in [1.807, 2.05) is 7.05 Å². The maximum absolute atomic E-state index is 3.32. The van der Waals surface area contributed by atoms with Crippen LogP contribution in [0.5, 0.6) is 0 Å². The van der Waals surface area contributed by atoms with Crippen molar-refractivity contribution in [3.63, 3.8) is 0 Å². The van der Waals surface area contributed by atoms with E-state index in [-0.39, 0.29) is 0 Å². The SMILES string of the molecule is CNCC[C@H](c1ccccc1)N1CN(c2ccccc2)c2ccccc21. The standard InChI is InChI=1S/C23H25N3/c1-24-17-16-21(19-10-4-2-5-11-19)26-18-25(20-12-6-3-7-13-20)22-14-8-9-15-23(22)26/h2-15,21,24H,16-18H2,1H3/t21-/m1/s1. The molecule has 1 aliphatic rings. The van der Waals surface area contributed by atoms with E-state index in [4.69, 9.17) is 0 Å². The zero-order valence-electron chi connectivity index (χ0n) is 15.2. The molecule has 0 saturated heterocycles. The van der Waals surface area contributed by atoms with Gasteiger partial charge in [0.05, 0.1) is 24.1 Å². The van der Waals surface area contributed by atoms with Crippen molar-refractivity contribution < 1.29 is 0 Å². The van der Waals surface area contributed by atoms with Crippen molar-refractivity contribution in [2.75, 3.05) is 30.1 Å². The number of anilines is 3. The van der Waals surface area contributed by atoms with Gasteiger partial charge in [-0.1, -0.05) is 60.7 Å². The maximum atomic E-state index is 3.32. The highest BCUT2D eigenvalue weighted by molar-refractivity contribution is 5.82. The normalized spacial score (nSPS) is 14.3. The number of nitrogens with one attached hydrogen (secondary N) is 1. The first-order valence-corrected chi connectivity index (χ1v) is 9.26. The molecule has 1 heterocycles. The molecule has 132 valence electrons. The summed E-state index contributed by atoms with van der Waals surface area (Å²) in [6, 6.07) is 30.6. The summed E-state index contributed by atoms with van der Waals surface area (Å²) in [6.45, 7) is 1.86. The molecule has 3 heteroatoms. The molecule has 1 N–H and O–H groups in total. The lowest BCUT2D eigenvalue weighted by Crippen LogP contribution is -2.33. The van der Waals surface area contributed by atoms with E-state index < -0.39 is 0 Å². The zero-order chi connectivity index (χ0) is 17.8. The molecule has 3 aromatic rings. The van der Waals surface area contributed by atoms with Crippen LogP contribution < -0.4 is 15.1 Å². The van der Waals surface area contributed by atoms with Crippen LogP contribution in [0.25, 0.3) is 0 Å². The van der Waals surface area contributed by atoms with Crippen molar-refractivity contribution in [1.29, 1.82) is 0 Å². The predicted molar refractivity (Wildman–Crippen MR) is 110 cm³/mol. The molecule has 3 aromatic carbocycles. The maximum Gasteiger partial charge on any atom is 0.0959 e. The van der Waals surface area contributed by atoms with Crippen LogP contribution in [0.2, 0.25) is 0 Å². The van der Waals surface area contributed by atoms with Crippen LogP contribution in [0.3, 0.4) is 0 Å². The third-order valence-corrected chi connectivity index (χ3v) is 5.07. The molecular weight excluding hydrogens is 318 g/mol. The van der Waals surface area contributed by atoms with Gasteiger partial charge in [0, 0.05) is 5.69 Å². The van der Waals surface area contributed by atoms with Crippen molar-refractivity contribution in [3.05, 3.63) is 90.5 Å². The highest BCUT2D eigenvalue weighted by Gasteiger charge is 2.31. The van der Waals surface area contributed by atoms with Gasteiger partial charge in [-0.3, -0.25) is 0 Å². The molecular formula is C23H25N3. The third-order valence-electron chi connectivity index (χ3n) is 5.07. The van der Waals surface area contributed by atoms with Crippen LogP contribution in [-0.2, 0) is 0 Å². The van der Waals surface area contributed by atoms with Crippen molar-refractivity contribution >= 4 is 17.1 Å². The Morgan fingerprint density at radius 3 is 2.12 bits per heavy atom. The van der Waals surface area contributed by atoms with Gasteiger partial charge in [-0.25, -0.2) is 0 Å².